The van der Waals surface area contributed by atoms with Gasteiger partial charge in [0.05, 0.1) is 31.4 Å². The van der Waals surface area contributed by atoms with Gasteiger partial charge in [0.1, 0.15) is 6.10 Å². The lowest BCUT2D eigenvalue weighted by Crippen LogP contribution is -2.02. The van der Waals surface area contributed by atoms with E-state index < -0.39 is 6.10 Å². The molecule has 15 heavy (non-hydrogen) atoms. The lowest BCUT2D eigenvalue weighted by Gasteiger charge is -2.07. The lowest BCUT2D eigenvalue weighted by atomic mass is 10.1. The Bertz CT molecular complexity index is 412. The summed E-state index contributed by atoms with van der Waals surface area (Å²) < 4.78 is 4.87. The molecule has 0 fully saturated rings. The summed E-state index contributed by atoms with van der Waals surface area (Å²) in [5, 5.41) is 16.2. The number of aromatic nitrogens is 4. The molecule has 0 aliphatic carbocycles. The summed E-state index contributed by atoms with van der Waals surface area (Å²) >= 11 is 0. The van der Waals surface area contributed by atoms with Crippen LogP contribution in [0.1, 0.15) is 17.4 Å². The Kier molecular flexibility index (Phi) is 2.59. The van der Waals surface area contributed by atoms with Gasteiger partial charge in [0.15, 0.2) is 0 Å². The highest BCUT2D eigenvalue weighted by Gasteiger charge is 2.13. The van der Waals surface area contributed by atoms with E-state index in [0.29, 0.717) is 17.1 Å². The molecule has 0 radical (unpaired) electrons. The summed E-state index contributed by atoms with van der Waals surface area (Å²) in [7, 11) is 1.51. The van der Waals surface area contributed by atoms with Crippen LogP contribution in [0.4, 0.5) is 0 Å². The Morgan fingerprint density at radius 3 is 2.73 bits per heavy atom. The maximum absolute atomic E-state index is 9.84. The summed E-state index contributed by atoms with van der Waals surface area (Å²) in [4.78, 5) is 7.98. The zero-order valence-corrected chi connectivity index (χ0v) is 8.08. The van der Waals surface area contributed by atoms with Crippen LogP contribution >= 0.6 is 0 Å². The Morgan fingerprint density at radius 2 is 2.20 bits per heavy atom. The van der Waals surface area contributed by atoms with Gasteiger partial charge in [-0.05, 0) is 0 Å². The van der Waals surface area contributed by atoms with Crippen molar-refractivity contribution in [2.75, 3.05) is 7.11 Å². The predicted octanol–water partition coefficient (Wildman–Crippen LogP) is 0.290. The number of hydrogen-bond acceptors (Lipinski definition) is 5. The fourth-order valence-electron chi connectivity index (χ4n) is 1.15. The molecule has 2 rings (SSSR count). The third kappa shape index (κ3) is 1.94. The minimum atomic E-state index is -0.817. The van der Waals surface area contributed by atoms with Crippen LogP contribution in [0.5, 0.6) is 5.88 Å². The third-order valence-corrected chi connectivity index (χ3v) is 1.97. The van der Waals surface area contributed by atoms with Gasteiger partial charge in [0.2, 0.25) is 5.88 Å². The van der Waals surface area contributed by atoms with Crippen LogP contribution in [0.3, 0.4) is 0 Å². The molecule has 2 aromatic heterocycles. The van der Waals surface area contributed by atoms with Crippen molar-refractivity contribution < 1.29 is 9.84 Å². The molecule has 0 aliphatic rings. The standard InChI is InChI=1S/C9H10N4O2/c1-15-8-5-10-7(4-11-8)9(14)6-2-12-13-3-6/h2-5,9,14H,1H3,(H,12,13). The van der Waals surface area contributed by atoms with Gasteiger partial charge in [-0.15, -0.1) is 0 Å². The molecule has 6 heteroatoms. The number of nitrogens with one attached hydrogen (secondary N) is 1. The van der Waals surface area contributed by atoms with Crippen molar-refractivity contribution in [3.63, 3.8) is 0 Å². The van der Waals surface area contributed by atoms with Crippen LogP contribution in [0.25, 0.3) is 0 Å². The molecule has 0 bridgehead atoms. The second-order valence-corrected chi connectivity index (χ2v) is 2.92. The second-order valence-electron chi connectivity index (χ2n) is 2.92. The number of aromatic amines is 1. The number of hydrogen-bond donors (Lipinski definition) is 2. The number of ether oxygens (including phenoxy) is 1. The number of rotatable bonds is 3. The molecule has 6 nitrogen and oxygen atoms in total. The molecule has 78 valence electrons. The van der Waals surface area contributed by atoms with Gasteiger partial charge in [0, 0.05) is 11.8 Å². The van der Waals surface area contributed by atoms with E-state index in [4.69, 9.17) is 4.74 Å². The van der Waals surface area contributed by atoms with E-state index in [1.807, 2.05) is 0 Å². The first-order valence-electron chi connectivity index (χ1n) is 4.34. The molecular weight excluding hydrogens is 196 g/mol. The molecule has 0 saturated heterocycles. The topological polar surface area (TPSA) is 83.9 Å². The van der Waals surface area contributed by atoms with Crippen molar-refractivity contribution >= 4 is 0 Å². The summed E-state index contributed by atoms with van der Waals surface area (Å²) in [6.45, 7) is 0. The van der Waals surface area contributed by atoms with E-state index in [2.05, 4.69) is 20.2 Å². The first kappa shape index (κ1) is 9.60. The van der Waals surface area contributed by atoms with Crippen molar-refractivity contribution in [2.24, 2.45) is 0 Å². The zero-order valence-electron chi connectivity index (χ0n) is 8.08. The third-order valence-electron chi connectivity index (χ3n) is 1.97. The van der Waals surface area contributed by atoms with Crippen LogP contribution in [0.15, 0.2) is 24.8 Å². The van der Waals surface area contributed by atoms with Crippen molar-refractivity contribution in [2.45, 2.75) is 6.10 Å². The predicted molar refractivity (Wildman–Crippen MR) is 51.2 cm³/mol. The van der Waals surface area contributed by atoms with Crippen LogP contribution in [0.2, 0.25) is 0 Å². The minimum Gasteiger partial charge on any atom is -0.480 e. The van der Waals surface area contributed by atoms with Crippen molar-refractivity contribution in [3.05, 3.63) is 36.0 Å². The van der Waals surface area contributed by atoms with Crippen LogP contribution in [-0.2, 0) is 0 Å². The maximum atomic E-state index is 9.84. The van der Waals surface area contributed by atoms with Crippen molar-refractivity contribution in [3.8, 4) is 5.88 Å². The Balaban J connectivity index is 2.22. The molecule has 2 N–H and O–H groups in total. The number of methoxy groups -OCH3 is 1. The second kappa shape index (κ2) is 4.05. The largest absolute Gasteiger partial charge is 0.480 e. The first-order chi connectivity index (χ1) is 7.31. The highest BCUT2D eigenvalue weighted by molar-refractivity contribution is 5.19. The van der Waals surface area contributed by atoms with E-state index in [0.717, 1.165) is 0 Å². The summed E-state index contributed by atoms with van der Waals surface area (Å²) in [5.74, 6) is 0.415. The smallest absolute Gasteiger partial charge is 0.231 e. The average Bonchev–Trinajstić information content (AvgIpc) is 2.82. The molecule has 0 spiro atoms. The fraction of sp³-hybridized carbons (Fsp3) is 0.222. The molecule has 1 unspecified atom stereocenters. The lowest BCUT2D eigenvalue weighted by molar-refractivity contribution is 0.214. The number of aliphatic hydroxyl groups is 1. The van der Waals surface area contributed by atoms with E-state index in [-0.39, 0.29) is 0 Å². The summed E-state index contributed by atoms with van der Waals surface area (Å²) in [6, 6.07) is 0. The fourth-order valence-corrected chi connectivity index (χ4v) is 1.15. The molecule has 2 heterocycles. The SMILES string of the molecule is COc1cnc(C(O)c2cn[nH]c2)cn1. The molecule has 0 amide bonds. The van der Waals surface area contributed by atoms with Crippen LogP contribution in [0, 0.1) is 0 Å². The zero-order chi connectivity index (χ0) is 10.7. The normalized spacial score (nSPS) is 12.4. The molecule has 2 aromatic rings. The van der Waals surface area contributed by atoms with Gasteiger partial charge in [0.25, 0.3) is 0 Å². The molecular formula is C9H10N4O2. The number of H-pyrrole nitrogens is 1. The molecule has 0 aromatic carbocycles. The Labute approximate surface area is 86.0 Å². The number of aliphatic hydroxyl groups excluding tert-OH is 1. The minimum absolute atomic E-state index is 0.415. The Morgan fingerprint density at radius 1 is 1.33 bits per heavy atom. The highest BCUT2D eigenvalue weighted by atomic mass is 16.5. The van der Waals surface area contributed by atoms with Crippen LogP contribution < -0.4 is 4.74 Å². The van der Waals surface area contributed by atoms with E-state index in [1.54, 1.807) is 6.20 Å². The summed E-state index contributed by atoms with van der Waals surface area (Å²) in [5.41, 5.74) is 1.10. The summed E-state index contributed by atoms with van der Waals surface area (Å²) in [6.07, 6.45) is 5.25. The maximum Gasteiger partial charge on any atom is 0.231 e. The highest BCUT2D eigenvalue weighted by Crippen LogP contribution is 2.18. The van der Waals surface area contributed by atoms with E-state index in [1.165, 1.54) is 25.7 Å². The van der Waals surface area contributed by atoms with E-state index >= 15 is 0 Å². The van der Waals surface area contributed by atoms with Gasteiger partial charge in [-0.2, -0.15) is 5.10 Å². The molecule has 0 saturated carbocycles. The first-order valence-corrected chi connectivity index (χ1v) is 4.34. The van der Waals surface area contributed by atoms with Gasteiger partial charge in [-0.1, -0.05) is 0 Å². The van der Waals surface area contributed by atoms with Crippen molar-refractivity contribution in [1.29, 1.82) is 0 Å². The van der Waals surface area contributed by atoms with Gasteiger partial charge < -0.3 is 9.84 Å². The van der Waals surface area contributed by atoms with Gasteiger partial charge in [-0.25, -0.2) is 4.98 Å². The molecule has 1 atom stereocenters. The van der Waals surface area contributed by atoms with E-state index in [9.17, 15) is 5.11 Å². The van der Waals surface area contributed by atoms with Crippen molar-refractivity contribution in [1.82, 2.24) is 20.2 Å². The quantitative estimate of drug-likeness (QED) is 0.754. The van der Waals surface area contributed by atoms with Gasteiger partial charge in [-0.3, -0.25) is 10.1 Å². The monoisotopic (exact) mass is 206 g/mol. The average molecular weight is 206 g/mol. The molecule has 0 aliphatic heterocycles. The van der Waals surface area contributed by atoms with Crippen LogP contribution in [-0.4, -0.2) is 32.4 Å². The van der Waals surface area contributed by atoms with Gasteiger partial charge >= 0.3 is 0 Å². The number of nitrogens with zero attached hydrogens (tertiary/aromatic N) is 3. The Hall–Kier alpha value is -1.95.